The number of benzene rings is 2. The van der Waals surface area contributed by atoms with Gasteiger partial charge in [0.05, 0.1) is 29.3 Å². The fourth-order valence-corrected chi connectivity index (χ4v) is 4.73. The Bertz CT molecular complexity index is 1390. The van der Waals surface area contributed by atoms with Crippen LogP contribution < -0.4 is 5.32 Å². The minimum Gasteiger partial charge on any atom is -0.333 e. The number of halogens is 1. The van der Waals surface area contributed by atoms with E-state index >= 15 is 0 Å². The van der Waals surface area contributed by atoms with Crippen LogP contribution in [-0.2, 0) is 23.2 Å². The van der Waals surface area contributed by atoms with E-state index in [4.69, 9.17) is 11.6 Å². The van der Waals surface area contributed by atoms with Crippen LogP contribution in [0, 0.1) is 11.3 Å². The number of imidazole rings is 1. The van der Waals surface area contributed by atoms with E-state index < -0.39 is 11.9 Å². The number of rotatable bonds is 3. The molecule has 164 valence electrons. The summed E-state index contributed by atoms with van der Waals surface area (Å²) < 4.78 is 1.86. The second kappa shape index (κ2) is 7.87. The number of nitrogens with zero attached hydrogens (tertiary/aromatic N) is 4. The summed E-state index contributed by atoms with van der Waals surface area (Å²) in [4.78, 5) is 42.8. The molecule has 0 spiro atoms. The van der Waals surface area contributed by atoms with Gasteiger partial charge in [-0.25, -0.2) is 4.98 Å². The van der Waals surface area contributed by atoms with Crippen molar-refractivity contribution in [3.63, 3.8) is 0 Å². The van der Waals surface area contributed by atoms with Crippen LogP contribution in [0.1, 0.15) is 34.3 Å². The highest BCUT2D eigenvalue weighted by Crippen LogP contribution is 2.36. The van der Waals surface area contributed by atoms with Crippen LogP contribution in [-0.4, -0.2) is 38.2 Å². The summed E-state index contributed by atoms with van der Waals surface area (Å²) in [5.41, 5.74) is 4.83. The van der Waals surface area contributed by atoms with Crippen LogP contribution in [0.5, 0.6) is 0 Å². The van der Waals surface area contributed by atoms with Crippen molar-refractivity contribution in [3.05, 3.63) is 64.4 Å². The van der Waals surface area contributed by atoms with E-state index in [-0.39, 0.29) is 24.8 Å². The lowest BCUT2D eigenvalue weighted by Crippen LogP contribution is -2.52. The van der Waals surface area contributed by atoms with Gasteiger partial charge in [-0.15, -0.1) is 0 Å². The maximum absolute atomic E-state index is 13.0. The van der Waals surface area contributed by atoms with E-state index in [1.807, 2.05) is 23.7 Å². The van der Waals surface area contributed by atoms with Gasteiger partial charge in [0.25, 0.3) is 5.91 Å². The smallest absolute Gasteiger partial charge is 0.255 e. The Labute approximate surface area is 194 Å². The van der Waals surface area contributed by atoms with Crippen LogP contribution in [0.15, 0.2) is 42.7 Å². The van der Waals surface area contributed by atoms with Crippen molar-refractivity contribution in [3.8, 4) is 28.6 Å². The first-order chi connectivity index (χ1) is 15.9. The molecule has 9 heteroatoms. The third-order valence-electron chi connectivity index (χ3n) is 6.03. The molecule has 3 amide bonds. The van der Waals surface area contributed by atoms with Crippen molar-refractivity contribution in [2.45, 2.75) is 25.4 Å². The average molecular weight is 460 g/mol. The quantitative estimate of drug-likeness (QED) is 0.605. The fourth-order valence-electron chi connectivity index (χ4n) is 4.49. The number of carbonyl (C=O) groups excluding carboxylic acids is 3. The molecule has 0 radical (unpaired) electrons. The number of piperidine rings is 1. The third-order valence-corrected chi connectivity index (χ3v) is 6.25. The normalized spacial score (nSPS) is 17.7. The third kappa shape index (κ3) is 3.56. The Hall–Kier alpha value is -3.96. The maximum Gasteiger partial charge on any atom is 0.255 e. The molecule has 2 aliphatic rings. The monoisotopic (exact) mass is 459 g/mol. The van der Waals surface area contributed by atoms with E-state index in [1.165, 1.54) is 4.90 Å². The van der Waals surface area contributed by atoms with E-state index in [1.54, 1.807) is 30.6 Å². The fraction of sp³-hybridized carbons (Fsp3) is 0.208. The molecule has 3 aromatic rings. The SMILES string of the molecule is Cn1cnc(-c2ccc3c(c2)CN(C2CCC(=O)NC2=O)C3=O)c1-c1cc(Cl)cc(C#N)c1. The van der Waals surface area contributed by atoms with E-state index in [0.29, 0.717) is 28.3 Å². The first-order valence-corrected chi connectivity index (χ1v) is 10.7. The second-order valence-corrected chi connectivity index (χ2v) is 8.60. The molecule has 5 rings (SSSR count). The first-order valence-electron chi connectivity index (χ1n) is 10.4. The summed E-state index contributed by atoms with van der Waals surface area (Å²) in [5, 5.41) is 12.1. The number of aryl methyl sites for hydroxylation is 1. The Morgan fingerprint density at radius 2 is 1.97 bits per heavy atom. The van der Waals surface area contributed by atoms with Gasteiger partial charge in [-0.3, -0.25) is 19.7 Å². The van der Waals surface area contributed by atoms with Crippen LogP contribution in [0.25, 0.3) is 22.5 Å². The molecule has 1 unspecified atom stereocenters. The van der Waals surface area contributed by atoms with E-state index in [0.717, 1.165) is 22.4 Å². The molecule has 2 aliphatic heterocycles. The number of carbonyl (C=O) groups is 3. The molecule has 1 atom stereocenters. The molecular weight excluding hydrogens is 442 g/mol. The van der Waals surface area contributed by atoms with Gasteiger partial charge in [-0.2, -0.15) is 5.26 Å². The molecule has 3 heterocycles. The van der Waals surface area contributed by atoms with Gasteiger partial charge in [0, 0.05) is 41.7 Å². The summed E-state index contributed by atoms with van der Waals surface area (Å²) in [7, 11) is 1.86. The molecule has 8 nitrogen and oxygen atoms in total. The number of hydrogen-bond acceptors (Lipinski definition) is 5. The van der Waals surface area contributed by atoms with Gasteiger partial charge in [0.15, 0.2) is 0 Å². The van der Waals surface area contributed by atoms with Crippen molar-refractivity contribution in [2.24, 2.45) is 7.05 Å². The molecule has 1 saturated heterocycles. The van der Waals surface area contributed by atoms with Crippen molar-refractivity contribution >= 4 is 29.3 Å². The second-order valence-electron chi connectivity index (χ2n) is 8.16. The van der Waals surface area contributed by atoms with Crippen molar-refractivity contribution in [2.75, 3.05) is 0 Å². The highest BCUT2D eigenvalue weighted by atomic mass is 35.5. The standard InChI is InChI=1S/C24H18ClN5O3/c1-29-12-27-21(22(29)15-6-13(10-26)7-17(25)9-15)14-2-3-18-16(8-14)11-30(24(18)33)19-4-5-20(31)28-23(19)32/h2-3,6-9,12,19H,4-5,11H2,1H3,(H,28,31,32). The number of imide groups is 1. The Balaban J connectivity index is 1.51. The highest BCUT2D eigenvalue weighted by molar-refractivity contribution is 6.31. The van der Waals surface area contributed by atoms with Crippen LogP contribution in [0.4, 0.5) is 0 Å². The number of amides is 3. The van der Waals surface area contributed by atoms with Gasteiger partial charge < -0.3 is 9.47 Å². The van der Waals surface area contributed by atoms with Gasteiger partial charge in [-0.1, -0.05) is 17.7 Å². The number of aromatic nitrogens is 2. The Morgan fingerprint density at radius 1 is 1.15 bits per heavy atom. The highest BCUT2D eigenvalue weighted by Gasteiger charge is 2.39. The predicted molar refractivity (Wildman–Crippen MR) is 120 cm³/mol. The van der Waals surface area contributed by atoms with Crippen LogP contribution in [0.3, 0.4) is 0 Å². The minimum atomic E-state index is -0.660. The van der Waals surface area contributed by atoms with E-state index in [2.05, 4.69) is 16.4 Å². The van der Waals surface area contributed by atoms with Crippen LogP contribution >= 0.6 is 11.6 Å². The Morgan fingerprint density at radius 3 is 2.73 bits per heavy atom. The maximum atomic E-state index is 13.0. The molecule has 1 aromatic heterocycles. The zero-order chi connectivity index (χ0) is 23.3. The van der Waals surface area contributed by atoms with Crippen molar-refractivity contribution in [1.29, 1.82) is 5.26 Å². The largest absolute Gasteiger partial charge is 0.333 e. The van der Waals surface area contributed by atoms with Gasteiger partial charge >= 0.3 is 0 Å². The minimum absolute atomic E-state index is 0.212. The van der Waals surface area contributed by atoms with Crippen molar-refractivity contribution in [1.82, 2.24) is 19.8 Å². The molecule has 1 N–H and O–H groups in total. The molecule has 33 heavy (non-hydrogen) atoms. The molecule has 0 saturated carbocycles. The lowest BCUT2D eigenvalue weighted by Gasteiger charge is -2.29. The van der Waals surface area contributed by atoms with Gasteiger partial charge in [-0.05, 0) is 42.3 Å². The molecule has 1 fully saturated rings. The summed E-state index contributed by atoms with van der Waals surface area (Å²) >= 11 is 6.22. The van der Waals surface area contributed by atoms with Gasteiger partial charge in [0.2, 0.25) is 11.8 Å². The molecular formula is C24H18ClN5O3. The Kier molecular flexibility index (Phi) is 4.99. The topological polar surface area (TPSA) is 108 Å². The van der Waals surface area contributed by atoms with Gasteiger partial charge in [0.1, 0.15) is 6.04 Å². The number of hydrogen-bond donors (Lipinski definition) is 1. The van der Waals surface area contributed by atoms with Crippen molar-refractivity contribution < 1.29 is 14.4 Å². The number of fused-ring (bicyclic) bond motifs is 1. The lowest BCUT2D eigenvalue weighted by atomic mass is 10.00. The summed E-state index contributed by atoms with van der Waals surface area (Å²) in [6, 6.07) is 12.1. The average Bonchev–Trinajstić information content (AvgIpc) is 3.33. The van der Waals surface area contributed by atoms with E-state index in [9.17, 15) is 19.6 Å². The summed E-state index contributed by atoms with van der Waals surface area (Å²) in [6.45, 7) is 0.284. The number of nitrogens with one attached hydrogen (secondary N) is 1. The lowest BCUT2D eigenvalue weighted by molar-refractivity contribution is -0.136. The zero-order valence-corrected chi connectivity index (χ0v) is 18.4. The van der Waals surface area contributed by atoms with Crippen LogP contribution in [0.2, 0.25) is 5.02 Å². The number of nitriles is 1. The molecule has 2 aromatic carbocycles. The summed E-state index contributed by atoms with van der Waals surface area (Å²) in [5.74, 6) is -0.972. The zero-order valence-electron chi connectivity index (χ0n) is 17.6. The first kappa shape index (κ1) is 20.9. The predicted octanol–water partition coefficient (Wildman–Crippen LogP) is 3.04. The molecule has 0 bridgehead atoms. The molecule has 0 aliphatic carbocycles. The summed E-state index contributed by atoms with van der Waals surface area (Å²) in [6.07, 6.45) is 2.21.